The molecule has 88 valence electrons. The van der Waals surface area contributed by atoms with Gasteiger partial charge in [-0.25, -0.2) is 0 Å². The van der Waals surface area contributed by atoms with Crippen molar-refractivity contribution in [2.75, 3.05) is 27.7 Å². The summed E-state index contributed by atoms with van der Waals surface area (Å²) in [5.41, 5.74) is 1.20. The van der Waals surface area contributed by atoms with Crippen molar-refractivity contribution >= 4 is 21.8 Å². The molecule has 0 bridgehead atoms. The summed E-state index contributed by atoms with van der Waals surface area (Å²) in [6, 6.07) is 8.12. The van der Waals surface area contributed by atoms with E-state index < -0.39 is 0 Å². The highest BCUT2D eigenvalue weighted by atomic mass is 79.9. The van der Waals surface area contributed by atoms with E-state index in [2.05, 4.69) is 28.1 Å². The normalized spacial score (nSPS) is 10.6. The first kappa shape index (κ1) is 13.2. The van der Waals surface area contributed by atoms with Gasteiger partial charge >= 0.3 is 0 Å². The van der Waals surface area contributed by atoms with Crippen LogP contribution in [-0.4, -0.2) is 43.4 Å². The second-order valence-electron chi connectivity index (χ2n) is 4.09. The predicted molar refractivity (Wildman–Crippen MR) is 69.2 cm³/mol. The Hall–Kier alpha value is -0.870. The lowest BCUT2D eigenvalue weighted by Gasteiger charge is -2.18. The number of halogens is 1. The maximum atomic E-state index is 11.5. The second kappa shape index (κ2) is 6.01. The maximum absolute atomic E-state index is 11.5. The predicted octanol–water partition coefficient (Wildman–Crippen LogP) is 1.97. The molecule has 0 saturated carbocycles. The van der Waals surface area contributed by atoms with Crippen molar-refractivity contribution in [2.45, 2.75) is 6.54 Å². The molecule has 1 rings (SSSR count). The first-order valence-electron chi connectivity index (χ1n) is 5.12. The summed E-state index contributed by atoms with van der Waals surface area (Å²) in [5, 5.41) is 0. The fourth-order valence-corrected chi connectivity index (χ4v) is 1.82. The first-order chi connectivity index (χ1) is 7.49. The molecule has 0 aliphatic heterocycles. The average Bonchev–Trinajstić information content (AvgIpc) is 2.16. The molecule has 0 unspecified atom stereocenters. The zero-order valence-electron chi connectivity index (χ0n) is 9.90. The highest BCUT2D eigenvalue weighted by molar-refractivity contribution is 9.10. The van der Waals surface area contributed by atoms with E-state index in [1.54, 1.807) is 19.0 Å². The van der Waals surface area contributed by atoms with Crippen LogP contribution < -0.4 is 0 Å². The van der Waals surface area contributed by atoms with Gasteiger partial charge in [0.05, 0.1) is 6.54 Å². The lowest BCUT2D eigenvalue weighted by molar-refractivity contribution is -0.129. The van der Waals surface area contributed by atoms with Crippen LogP contribution in [0.25, 0.3) is 0 Å². The van der Waals surface area contributed by atoms with Gasteiger partial charge in [-0.15, -0.1) is 0 Å². The summed E-state index contributed by atoms with van der Waals surface area (Å²) in [6.07, 6.45) is 0. The van der Waals surface area contributed by atoms with Crippen LogP contribution in [0.5, 0.6) is 0 Å². The Morgan fingerprint density at radius 3 is 2.56 bits per heavy atom. The molecule has 0 aliphatic rings. The average molecular weight is 285 g/mol. The van der Waals surface area contributed by atoms with Crippen molar-refractivity contribution in [1.29, 1.82) is 0 Å². The molecule has 0 fully saturated rings. The molecule has 0 saturated heterocycles. The lowest BCUT2D eigenvalue weighted by atomic mass is 10.2. The third-order valence-electron chi connectivity index (χ3n) is 2.25. The summed E-state index contributed by atoms with van der Waals surface area (Å²) in [6.45, 7) is 1.22. The van der Waals surface area contributed by atoms with Gasteiger partial charge in [-0.3, -0.25) is 9.69 Å². The zero-order valence-corrected chi connectivity index (χ0v) is 11.5. The van der Waals surface area contributed by atoms with Crippen molar-refractivity contribution in [3.8, 4) is 0 Å². The van der Waals surface area contributed by atoms with Crippen LogP contribution in [0.3, 0.4) is 0 Å². The number of carbonyl (C=O) groups excluding carboxylic acids is 1. The van der Waals surface area contributed by atoms with E-state index in [4.69, 9.17) is 0 Å². The topological polar surface area (TPSA) is 23.6 Å². The van der Waals surface area contributed by atoms with E-state index in [1.807, 2.05) is 24.1 Å². The fraction of sp³-hybridized carbons (Fsp3) is 0.417. The van der Waals surface area contributed by atoms with Crippen molar-refractivity contribution in [3.63, 3.8) is 0 Å². The largest absolute Gasteiger partial charge is 0.348 e. The minimum Gasteiger partial charge on any atom is -0.348 e. The van der Waals surface area contributed by atoms with Crippen LogP contribution in [0.15, 0.2) is 28.7 Å². The standard InChI is InChI=1S/C12H17BrN2O/c1-14(2)12(16)9-15(3)8-10-5-4-6-11(13)7-10/h4-7H,8-9H2,1-3H3. The number of amides is 1. The zero-order chi connectivity index (χ0) is 12.1. The molecule has 1 amide bonds. The molecule has 3 nitrogen and oxygen atoms in total. The Kier molecular flexibility index (Phi) is 4.96. The van der Waals surface area contributed by atoms with Crippen LogP contribution >= 0.6 is 15.9 Å². The molecule has 0 heterocycles. The number of carbonyl (C=O) groups is 1. The summed E-state index contributed by atoms with van der Waals surface area (Å²) in [7, 11) is 5.49. The molecule has 0 N–H and O–H groups in total. The number of hydrogen-bond acceptors (Lipinski definition) is 2. The summed E-state index contributed by atoms with van der Waals surface area (Å²) in [4.78, 5) is 15.1. The highest BCUT2D eigenvalue weighted by Crippen LogP contribution is 2.12. The summed E-state index contributed by atoms with van der Waals surface area (Å²) >= 11 is 3.43. The smallest absolute Gasteiger partial charge is 0.236 e. The number of likely N-dealkylation sites (N-methyl/N-ethyl adjacent to an activating group) is 2. The van der Waals surface area contributed by atoms with E-state index in [0.717, 1.165) is 11.0 Å². The molecule has 0 aliphatic carbocycles. The number of rotatable bonds is 4. The third kappa shape index (κ3) is 4.33. The lowest BCUT2D eigenvalue weighted by Crippen LogP contribution is -2.34. The second-order valence-corrected chi connectivity index (χ2v) is 5.01. The van der Waals surface area contributed by atoms with Crippen molar-refractivity contribution in [1.82, 2.24) is 9.80 Å². The van der Waals surface area contributed by atoms with E-state index in [-0.39, 0.29) is 5.91 Å². The van der Waals surface area contributed by atoms with Gasteiger partial charge in [0.1, 0.15) is 0 Å². The molecule has 0 spiro atoms. The third-order valence-corrected chi connectivity index (χ3v) is 2.74. The summed E-state index contributed by atoms with van der Waals surface area (Å²) < 4.78 is 1.07. The molecule has 4 heteroatoms. The molecule has 0 aromatic heterocycles. The van der Waals surface area contributed by atoms with Crippen LogP contribution in [0.1, 0.15) is 5.56 Å². The van der Waals surface area contributed by atoms with Crippen LogP contribution in [0.2, 0.25) is 0 Å². The molecule has 0 radical (unpaired) electrons. The van der Waals surface area contributed by atoms with Gasteiger partial charge in [0, 0.05) is 25.1 Å². The van der Waals surface area contributed by atoms with Gasteiger partial charge < -0.3 is 4.90 Å². The van der Waals surface area contributed by atoms with E-state index >= 15 is 0 Å². The number of hydrogen-bond donors (Lipinski definition) is 0. The maximum Gasteiger partial charge on any atom is 0.236 e. The van der Waals surface area contributed by atoms with Gasteiger partial charge in [-0.2, -0.15) is 0 Å². The Morgan fingerprint density at radius 2 is 2.00 bits per heavy atom. The van der Waals surface area contributed by atoms with E-state index in [9.17, 15) is 4.79 Å². The Morgan fingerprint density at radius 1 is 1.31 bits per heavy atom. The van der Waals surface area contributed by atoms with Gasteiger partial charge in [0.15, 0.2) is 0 Å². The molecular formula is C12H17BrN2O. The fourth-order valence-electron chi connectivity index (χ4n) is 1.38. The van der Waals surface area contributed by atoms with Gasteiger partial charge in [0.2, 0.25) is 5.91 Å². The van der Waals surface area contributed by atoms with Crippen LogP contribution in [0.4, 0.5) is 0 Å². The minimum atomic E-state index is 0.123. The SMILES string of the molecule is CN(CC(=O)N(C)C)Cc1cccc(Br)c1. The van der Waals surface area contributed by atoms with Crippen molar-refractivity contribution in [3.05, 3.63) is 34.3 Å². The Balaban J connectivity index is 2.51. The van der Waals surface area contributed by atoms with Gasteiger partial charge in [0.25, 0.3) is 0 Å². The Labute approximate surface area is 105 Å². The van der Waals surface area contributed by atoms with Crippen LogP contribution in [-0.2, 0) is 11.3 Å². The molecule has 0 atom stereocenters. The van der Waals surface area contributed by atoms with E-state index in [1.165, 1.54) is 5.56 Å². The molecule has 16 heavy (non-hydrogen) atoms. The number of benzene rings is 1. The van der Waals surface area contributed by atoms with Crippen molar-refractivity contribution in [2.24, 2.45) is 0 Å². The quantitative estimate of drug-likeness (QED) is 0.844. The first-order valence-corrected chi connectivity index (χ1v) is 5.91. The van der Waals surface area contributed by atoms with Crippen LogP contribution in [0, 0.1) is 0 Å². The monoisotopic (exact) mass is 284 g/mol. The Bertz CT molecular complexity index is 366. The molecular weight excluding hydrogens is 268 g/mol. The summed E-state index contributed by atoms with van der Waals surface area (Å²) in [5.74, 6) is 0.123. The molecule has 1 aromatic rings. The van der Waals surface area contributed by atoms with Crippen molar-refractivity contribution < 1.29 is 4.79 Å². The van der Waals surface area contributed by atoms with Gasteiger partial charge in [-0.1, -0.05) is 28.1 Å². The van der Waals surface area contributed by atoms with Gasteiger partial charge in [-0.05, 0) is 24.7 Å². The number of nitrogens with zero attached hydrogens (tertiary/aromatic N) is 2. The highest BCUT2D eigenvalue weighted by Gasteiger charge is 2.08. The molecule has 1 aromatic carbocycles. The van der Waals surface area contributed by atoms with E-state index in [0.29, 0.717) is 6.54 Å². The minimum absolute atomic E-state index is 0.123.